The van der Waals surface area contributed by atoms with E-state index in [1.165, 1.54) is 35.5 Å². The molecule has 0 radical (unpaired) electrons. The van der Waals surface area contributed by atoms with Gasteiger partial charge in [0, 0.05) is 32.7 Å². The molecule has 2 atom stereocenters. The second kappa shape index (κ2) is 6.26. The molecule has 0 aromatic carbocycles. The molecule has 1 saturated carbocycles. The van der Waals surface area contributed by atoms with Crippen molar-refractivity contribution in [1.82, 2.24) is 14.7 Å². The second-order valence-electron chi connectivity index (χ2n) is 6.71. The number of carbonyl (C=O) groups is 3. The number of nitrogens with zero attached hydrogens (tertiary/aromatic N) is 3. The van der Waals surface area contributed by atoms with E-state index in [0.29, 0.717) is 31.5 Å². The summed E-state index contributed by atoms with van der Waals surface area (Å²) >= 11 is 0. The Kier molecular flexibility index (Phi) is 4.36. The molecule has 0 unspecified atom stereocenters. The van der Waals surface area contributed by atoms with E-state index in [1.807, 2.05) is 11.8 Å². The van der Waals surface area contributed by atoms with Crippen LogP contribution in [-0.4, -0.2) is 71.7 Å². The third-order valence-corrected chi connectivity index (χ3v) is 5.43. The maximum absolute atomic E-state index is 12.5. The highest BCUT2D eigenvalue weighted by molar-refractivity contribution is 6.35. The van der Waals surface area contributed by atoms with Gasteiger partial charge in [-0.05, 0) is 31.6 Å². The molecule has 3 aliphatic rings. The first-order valence-electron chi connectivity index (χ1n) is 8.46. The maximum Gasteiger partial charge on any atom is 0.312 e. The average molecular weight is 307 g/mol. The largest absolute Gasteiger partial charge is 0.341 e. The van der Waals surface area contributed by atoms with E-state index >= 15 is 0 Å². The molecule has 6 nitrogen and oxygen atoms in total. The van der Waals surface area contributed by atoms with Crippen LogP contribution in [0.5, 0.6) is 0 Å². The summed E-state index contributed by atoms with van der Waals surface area (Å²) in [6.45, 7) is 5.12. The number of likely N-dealkylation sites (N-methyl/N-ethyl adjacent to an activating group) is 1. The zero-order chi connectivity index (χ0) is 15.7. The third kappa shape index (κ3) is 2.83. The quantitative estimate of drug-likeness (QED) is 0.706. The molecule has 3 amide bonds. The fourth-order valence-corrected chi connectivity index (χ4v) is 4.04. The van der Waals surface area contributed by atoms with Crippen LogP contribution in [0.25, 0.3) is 0 Å². The van der Waals surface area contributed by atoms with Crippen molar-refractivity contribution in [2.75, 3.05) is 39.3 Å². The van der Waals surface area contributed by atoms with Crippen molar-refractivity contribution in [3.63, 3.8) is 0 Å². The smallest absolute Gasteiger partial charge is 0.312 e. The van der Waals surface area contributed by atoms with Gasteiger partial charge >= 0.3 is 11.8 Å². The van der Waals surface area contributed by atoms with E-state index in [-0.39, 0.29) is 12.5 Å². The Morgan fingerprint density at radius 2 is 1.55 bits per heavy atom. The molecule has 0 bridgehead atoms. The summed E-state index contributed by atoms with van der Waals surface area (Å²) in [4.78, 5) is 41.3. The van der Waals surface area contributed by atoms with E-state index in [4.69, 9.17) is 0 Å². The molecule has 22 heavy (non-hydrogen) atoms. The van der Waals surface area contributed by atoms with E-state index in [0.717, 1.165) is 13.1 Å². The van der Waals surface area contributed by atoms with Crippen molar-refractivity contribution in [2.45, 2.75) is 32.6 Å². The minimum atomic E-state index is -0.530. The molecule has 0 N–H and O–H groups in total. The van der Waals surface area contributed by atoms with Crippen molar-refractivity contribution in [3.05, 3.63) is 0 Å². The highest BCUT2D eigenvalue weighted by Crippen LogP contribution is 2.36. The Balaban J connectivity index is 1.56. The number of amides is 3. The Labute approximate surface area is 131 Å². The van der Waals surface area contributed by atoms with Crippen molar-refractivity contribution < 1.29 is 14.4 Å². The van der Waals surface area contributed by atoms with Gasteiger partial charge in [0.05, 0.1) is 0 Å². The summed E-state index contributed by atoms with van der Waals surface area (Å²) in [5.74, 6) is 0.286. The summed E-state index contributed by atoms with van der Waals surface area (Å²) in [6.07, 6.45) is 4.99. The van der Waals surface area contributed by atoms with Gasteiger partial charge in [0.15, 0.2) is 0 Å². The van der Waals surface area contributed by atoms with Gasteiger partial charge in [0.1, 0.15) is 6.54 Å². The molecule has 3 rings (SSSR count). The van der Waals surface area contributed by atoms with Crippen LogP contribution in [0.15, 0.2) is 0 Å². The molecule has 6 heteroatoms. The lowest BCUT2D eigenvalue weighted by Crippen LogP contribution is -2.56. The molecule has 2 saturated heterocycles. The van der Waals surface area contributed by atoms with Crippen LogP contribution in [0.1, 0.15) is 32.6 Å². The normalized spacial score (nSPS) is 29.0. The number of hydrogen-bond donors (Lipinski definition) is 0. The average Bonchev–Trinajstić information content (AvgIpc) is 2.96. The van der Waals surface area contributed by atoms with Gasteiger partial charge in [-0.15, -0.1) is 0 Å². The highest BCUT2D eigenvalue weighted by atomic mass is 16.2. The van der Waals surface area contributed by atoms with Crippen LogP contribution in [0.2, 0.25) is 0 Å². The van der Waals surface area contributed by atoms with Crippen molar-refractivity contribution in [2.24, 2.45) is 11.8 Å². The number of rotatable bonds is 3. The van der Waals surface area contributed by atoms with Crippen LogP contribution in [0, 0.1) is 11.8 Å². The molecular formula is C16H25N3O3. The number of hydrogen-bond acceptors (Lipinski definition) is 3. The van der Waals surface area contributed by atoms with Crippen molar-refractivity contribution in [3.8, 4) is 0 Å². The van der Waals surface area contributed by atoms with Crippen LogP contribution in [0.3, 0.4) is 0 Å². The van der Waals surface area contributed by atoms with Gasteiger partial charge < -0.3 is 14.7 Å². The summed E-state index contributed by atoms with van der Waals surface area (Å²) in [5, 5.41) is 0. The van der Waals surface area contributed by atoms with Crippen molar-refractivity contribution >= 4 is 17.7 Å². The number of fused-ring (bicyclic) bond motifs is 1. The monoisotopic (exact) mass is 307 g/mol. The molecule has 0 aromatic heterocycles. The molecule has 2 aliphatic heterocycles. The lowest BCUT2D eigenvalue weighted by atomic mass is 9.82. The predicted molar refractivity (Wildman–Crippen MR) is 80.9 cm³/mol. The molecule has 0 aromatic rings. The topological polar surface area (TPSA) is 60.9 Å². The molecule has 1 aliphatic carbocycles. The second-order valence-corrected chi connectivity index (χ2v) is 6.71. The zero-order valence-electron chi connectivity index (χ0n) is 13.3. The van der Waals surface area contributed by atoms with Crippen molar-refractivity contribution in [1.29, 1.82) is 0 Å². The summed E-state index contributed by atoms with van der Waals surface area (Å²) in [6, 6.07) is 0. The minimum absolute atomic E-state index is 0.000462. The molecule has 3 fully saturated rings. The van der Waals surface area contributed by atoms with E-state index in [1.54, 1.807) is 0 Å². The summed E-state index contributed by atoms with van der Waals surface area (Å²) in [5.41, 5.74) is 0. The van der Waals surface area contributed by atoms with E-state index < -0.39 is 11.8 Å². The van der Waals surface area contributed by atoms with Crippen LogP contribution in [-0.2, 0) is 14.4 Å². The molecule has 0 spiro atoms. The van der Waals surface area contributed by atoms with E-state index in [9.17, 15) is 14.4 Å². The van der Waals surface area contributed by atoms with Gasteiger partial charge in [-0.1, -0.05) is 12.8 Å². The Morgan fingerprint density at radius 1 is 1.00 bits per heavy atom. The summed E-state index contributed by atoms with van der Waals surface area (Å²) in [7, 11) is 0. The highest BCUT2D eigenvalue weighted by Gasteiger charge is 2.38. The lowest BCUT2D eigenvalue weighted by Gasteiger charge is -2.33. The van der Waals surface area contributed by atoms with E-state index in [2.05, 4.69) is 0 Å². The SMILES string of the molecule is CCN1CCN(CC(=O)N2C[C@H]3CCCC[C@H]3C2)C(=O)C1=O. The lowest BCUT2D eigenvalue weighted by molar-refractivity contribution is -0.157. The molecule has 122 valence electrons. The van der Waals surface area contributed by atoms with Gasteiger partial charge in [-0.25, -0.2) is 0 Å². The fraction of sp³-hybridized carbons (Fsp3) is 0.812. The maximum atomic E-state index is 12.5. The van der Waals surface area contributed by atoms with Crippen LogP contribution < -0.4 is 0 Å². The minimum Gasteiger partial charge on any atom is -0.341 e. The first kappa shape index (κ1) is 15.3. The van der Waals surface area contributed by atoms with Crippen LogP contribution in [0.4, 0.5) is 0 Å². The zero-order valence-corrected chi connectivity index (χ0v) is 13.3. The van der Waals surface area contributed by atoms with Gasteiger partial charge in [-0.3, -0.25) is 14.4 Å². The first-order chi connectivity index (χ1) is 10.6. The number of carbonyl (C=O) groups excluding carboxylic acids is 3. The standard InChI is InChI=1S/C16H25N3O3/c1-2-17-7-8-18(16(22)15(17)21)11-14(20)19-9-12-5-3-4-6-13(12)10-19/h12-13H,2-11H2,1H3/t12-,13+. The number of likely N-dealkylation sites (tertiary alicyclic amines) is 1. The number of piperazine rings is 1. The van der Waals surface area contributed by atoms with Gasteiger partial charge in [0.2, 0.25) is 5.91 Å². The Hall–Kier alpha value is -1.59. The summed E-state index contributed by atoms with van der Waals surface area (Å²) < 4.78 is 0. The predicted octanol–water partition coefficient (Wildman–Crippen LogP) is 0.326. The Morgan fingerprint density at radius 3 is 2.14 bits per heavy atom. The van der Waals surface area contributed by atoms with Gasteiger partial charge in [-0.2, -0.15) is 0 Å². The first-order valence-corrected chi connectivity index (χ1v) is 8.46. The van der Waals surface area contributed by atoms with Crippen LogP contribution >= 0.6 is 0 Å². The molecule has 2 heterocycles. The fourth-order valence-electron chi connectivity index (χ4n) is 4.04. The Bertz CT molecular complexity index is 465. The van der Waals surface area contributed by atoms with Gasteiger partial charge in [0.25, 0.3) is 0 Å². The third-order valence-electron chi connectivity index (χ3n) is 5.43. The molecular weight excluding hydrogens is 282 g/mol.